The van der Waals surface area contributed by atoms with E-state index in [0.717, 1.165) is 4.57 Å². The Labute approximate surface area is 239 Å². The van der Waals surface area contributed by atoms with Gasteiger partial charge < -0.3 is 18.9 Å². The molecule has 4 aromatic rings. The average molecular weight is 571 g/mol. The lowest BCUT2D eigenvalue weighted by molar-refractivity contribution is -0.0640. The summed E-state index contributed by atoms with van der Waals surface area (Å²) < 4.78 is 24.3. The molecule has 0 radical (unpaired) electrons. The standard InChI is InChI=1S/C31H26N2O9/c1-19-17-33(31(38)32-26(19)34)27-25(42-30(37)22-15-9-4-10-16-22)24(41-29(36)21-13-7-3-8-14-21)23(40-27)18-39-28(35)20-11-5-2-6-12-20/h2-17,23-25,27H,18H2,1H3,(H,32,34,38)/t23-,24-,25-,27?/m1/s1. The van der Waals surface area contributed by atoms with Crippen molar-refractivity contribution < 1.29 is 33.3 Å². The van der Waals surface area contributed by atoms with Crippen molar-refractivity contribution in [2.75, 3.05) is 6.61 Å². The van der Waals surface area contributed by atoms with E-state index >= 15 is 0 Å². The summed E-state index contributed by atoms with van der Waals surface area (Å²) in [5.41, 5.74) is -0.564. The number of hydrogen-bond donors (Lipinski definition) is 1. The Hall–Kier alpha value is -5.29. The fourth-order valence-electron chi connectivity index (χ4n) is 4.46. The number of rotatable bonds is 8. The van der Waals surface area contributed by atoms with E-state index < -0.39 is 60.3 Å². The van der Waals surface area contributed by atoms with Gasteiger partial charge in [0.05, 0.1) is 16.7 Å². The van der Waals surface area contributed by atoms with Gasteiger partial charge in [0.25, 0.3) is 5.56 Å². The molecule has 1 saturated heterocycles. The molecule has 2 heterocycles. The van der Waals surface area contributed by atoms with Crippen LogP contribution in [-0.2, 0) is 18.9 Å². The first-order valence-electron chi connectivity index (χ1n) is 13.0. The Balaban J connectivity index is 1.52. The third-order valence-electron chi connectivity index (χ3n) is 6.60. The Morgan fingerprint density at radius 1 is 0.738 bits per heavy atom. The predicted octanol–water partition coefficient (Wildman–Crippen LogP) is 3.05. The minimum atomic E-state index is -1.38. The van der Waals surface area contributed by atoms with Crippen molar-refractivity contribution >= 4 is 17.9 Å². The van der Waals surface area contributed by atoms with E-state index in [2.05, 4.69) is 4.98 Å². The van der Waals surface area contributed by atoms with Crippen LogP contribution in [-0.4, -0.2) is 52.4 Å². The molecule has 42 heavy (non-hydrogen) atoms. The number of aromatic amines is 1. The summed E-state index contributed by atoms with van der Waals surface area (Å²) >= 11 is 0. The van der Waals surface area contributed by atoms with Crippen LogP contribution in [0.1, 0.15) is 42.9 Å². The largest absolute Gasteiger partial charge is 0.459 e. The minimum Gasteiger partial charge on any atom is -0.459 e. The summed E-state index contributed by atoms with van der Waals surface area (Å²) in [7, 11) is 0. The van der Waals surface area contributed by atoms with Gasteiger partial charge in [-0.3, -0.25) is 14.3 Å². The normalized spacial score (nSPS) is 19.5. The number of esters is 3. The predicted molar refractivity (Wildman–Crippen MR) is 148 cm³/mol. The number of carbonyl (C=O) groups is 3. The van der Waals surface area contributed by atoms with Gasteiger partial charge >= 0.3 is 23.6 Å². The van der Waals surface area contributed by atoms with Crippen molar-refractivity contribution in [1.29, 1.82) is 0 Å². The van der Waals surface area contributed by atoms with Crippen LogP contribution < -0.4 is 11.2 Å². The topological polar surface area (TPSA) is 143 Å². The first-order valence-corrected chi connectivity index (χ1v) is 13.0. The number of aryl methyl sites for hydroxylation is 1. The molecule has 11 heteroatoms. The van der Waals surface area contributed by atoms with Crippen LogP contribution in [0.5, 0.6) is 0 Å². The highest BCUT2D eigenvalue weighted by molar-refractivity contribution is 5.91. The van der Waals surface area contributed by atoms with Crippen molar-refractivity contribution in [2.45, 2.75) is 31.5 Å². The van der Waals surface area contributed by atoms with E-state index in [1.54, 1.807) is 78.9 Å². The van der Waals surface area contributed by atoms with Crippen molar-refractivity contribution in [2.24, 2.45) is 0 Å². The third-order valence-corrected chi connectivity index (χ3v) is 6.60. The van der Waals surface area contributed by atoms with Crippen LogP contribution in [0.2, 0.25) is 0 Å². The average Bonchev–Trinajstić information content (AvgIpc) is 3.34. The highest BCUT2D eigenvalue weighted by Gasteiger charge is 2.51. The molecular weight excluding hydrogens is 544 g/mol. The van der Waals surface area contributed by atoms with E-state index in [4.69, 9.17) is 18.9 Å². The third kappa shape index (κ3) is 6.21. The quantitative estimate of drug-likeness (QED) is 0.250. The van der Waals surface area contributed by atoms with Crippen LogP contribution in [0.15, 0.2) is 107 Å². The molecule has 11 nitrogen and oxygen atoms in total. The van der Waals surface area contributed by atoms with Gasteiger partial charge in [-0.05, 0) is 43.3 Å². The number of ether oxygens (including phenoxy) is 4. The molecule has 1 aromatic heterocycles. The zero-order chi connectivity index (χ0) is 29.6. The number of hydrogen-bond acceptors (Lipinski definition) is 9. The van der Waals surface area contributed by atoms with Crippen molar-refractivity contribution in [3.8, 4) is 0 Å². The summed E-state index contributed by atoms with van der Waals surface area (Å²) in [5.74, 6) is -2.19. The molecule has 0 bridgehead atoms. The molecule has 1 aliphatic heterocycles. The molecular formula is C31H26N2O9. The molecule has 4 atom stereocenters. The first kappa shape index (κ1) is 28.2. The maximum Gasteiger partial charge on any atom is 0.338 e. The van der Waals surface area contributed by atoms with Crippen LogP contribution in [0.4, 0.5) is 0 Å². The van der Waals surface area contributed by atoms with Gasteiger partial charge in [0.15, 0.2) is 18.4 Å². The monoisotopic (exact) mass is 570 g/mol. The van der Waals surface area contributed by atoms with Gasteiger partial charge in [-0.15, -0.1) is 0 Å². The second-order valence-electron chi connectivity index (χ2n) is 9.48. The SMILES string of the molecule is Cc1cn(C2O[C@H](COC(=O)c3ccccc3)[C@@H](OC(=O)c3ccccc3)[C@H]2OC(=O)c2ccccc2)c(=O)[nH]c1=O. The second-order valence-corrected chi connectivity index (χ2v) is 9.48. The highest BCUT2D eigenvalue weighted by atomic mass is 16.7. The van der Waals surface area contributed by atoms with Gasteiger partial charge in [0, 0.05) is 11.8 Å². The number of benzene rings is 3. The van der Waals surface area contributed by atoms with Crippen molar-refractivity contribution in [1.82, 2.24) is 9.55 Å². The summed E-state index contributed by atoms with van der Waals surface area (Å²) in [6.45, 7) is 1.08. The molecule has 1 fully saturated rings. The number of nitrogens with zero attached hydrogens (tertiary/aromatic N) is 1. The van der Waals surface area contributed by atoms with Crippen LogP contribution in [0.25, 0.3) is 0 Å². The van der Waals surface area contributed by atoms with Gasteiger partial charge in [0.2, 0.25) is 0 Å². The fourth-order valence-corrected chi connectivity index (χ4v) is 4.46. The Kier molecular flexibility index (Phi) is 8.39. The number of H-pyrrole nitrogens is 1. The molecule has 214 valence electrons. The van der Waals surface area contributed by atoms with Gasteiger partial charge in [-0.1, -0.05) is 54.6 Å². The van der Waals surface area contributed by atoms with E-state index in [-0.39, 0.29) is 22.3 Å². The van der Waals surface area contributed by atoms with Crippen LogP contribution >= 0.6 is 0 Å². The molecule has 3 aromatic carbocycles. The highest BCUT2D eigenvalue weighted by Crippen LogP contribution is 2.34. The lowest BCUT2D eigenvalue weighted by atomic mass is 10.1. The Morgan fingerprint density at radius 3 is 1.74 bits per heavy atom. The molecule has 1 unspecified atom stereocenters. The number of carbonyl (C=O) groups excluding carboxylic acids is 3. The Morgan fingerprint density at radius 2 is 1.21 bits per heavy atom. The number of nitrogens with one attached hydrogen (secondary N) is 1. The van der Waals surface area contributed by atoms with Gasteiger partial charge in [0.1, 0.15) is 12.7 Å². The molecule has 0 spiro atoms. The van der Waals surface area contributed by atoms with Gasteiger partial charge in [-0.25, -0.2) is 19.2 Å². The zero-order valence-electron chi connectivity index (χ0n) is 22.4. The summed E-state index contributed by atoms with van der Waals surface area (Å²) in [6, 6.07) is 24.4. The van der Waals surface area contributed by atoms with E-state index in [9.17, 15) is 24.0 Å². The van der Waals surface area contributed by atoms with E-state index in [1.807, 2.05) is 0 Å². The Bertz CT molecular complexity index is 1680. The minimum absolute atomic E-state index is 0.183. The zero-order valence-corrected chi connectivity index (χ0v) is 22.4. The van der Waals surface area contributed by atoms with Crippen molar-refractivity contribution in [3.63, 3.8) is 0 Å². The van der Waals surface area contributed by atoms with Gasteiger partial charge in [-0.2, -0.15) is 0 Å². The van der Waals surface area contributed by atoms with Crippen molar-refractivity contribution in [3.05, 3.63) is 140 Å². The first-order chi connectivity index (χ1) is 20.3. The summed E-state index contributed by atoms with van der Waals surface area (Å²) in [4.78, 5) is 66.2. The molecule has 0 aliphatic carbocycles. The second kappa shape index (κ2) is 12.5. The fraction of sp³-hybridized carbons (Fsp3) is 0.194. The lowest BCUT2D eigenvalue weighted by Gasteiger charge is -2.25. The van der Waals surface area contributed by atoms with Crippen LogP contribution in [0, 0.1) is 6.92 Å². The molecule has 5 rings (SSSR count). The summed E-state index contributed by atoms with van der Waals surface area (Å²) in [6.07, 6.45) is -3.96. The van der Waals surface area contributed by atoms with E-state index in [0.29, 0.717) is 0 Å². The molecule has 0 amide bonds. The summed E-state index contributed by atoms with van der Waals surface area (Å²) in [5, 5.41) is 0. The number of aromatic nitrogens is 2. The maximum absolute atomic E-state index is 13.2. The lowest BCUT2D eigenvalue weighted by Crippen LogP contribution is -2.43. The smallest absolute Gasteiger partial charge is 0.338 e. The van der Waals surface area contributed by atoms with E-state index in [1.165, 1.54) is 25.3 Å². The molecule has 0 saturated carbocycles. The molecule has 1 aliphatic rings. The maximum atomic E-state index is 13.2. The van der Waals surface area contributed by atoms with Crippen LogP contribution in [0.3, 0.4) is 0 Å². The molecule has 1 N–H and O–H groups in total.